The molecule has 0 spiro atoms. The molecular formula is C17H23Cl2N3O. The molecule has 0 radical (unpaired) electrons. The summed E-state index contributed by atoms with van der Waals surface area (Å²) in [6.07, 6.45) is 4.76. The van der Waals surface area contributed by atoms with Gasteiger partial charge in [0.25, 0.3) is 0 Å². The van der Waals surface area contributed by atoms with Gasteiger partial charge in [-0.2, -0.15) is 0 Å². The molecule has 0 aromatic heterocycles. The van der Waals surface area contributed by atoms with Gasteiger partial charge >= 0.3 is 6.03 Å². The lowest BCUT2D eigenvalue weighted by molar-refractivity contribution is 0.178. The Balaban J connectivity index is 1.56. The van der Waals surface area contributed by atoms with Crippen LogP contribution in [0.3, 0.4) is 0 Å². The average Bonchev–Trinajstić information content (AvgIpc) is 2.90. The Morgan fingerprint density at radius 2 is 2.09 bits per heavy atom. The molecule has 0 saturated carbocycles. The molecule has 2 N–H and O–H groups in total. The molecular weight excluding hydrogens is 333 g/mol. The van der Waals surface area contributed by atoms with Gasteiger partial charge in [-0.25, -0.2) is 4.79 Å². The summed E-state index contributed by atoms with van der Waals surface area (Å²) in [5.41, 5.74) is 0.872. The Labute approximate surface area is 147 Å². The lowest BCUT2D eigenvalue weighted by Gasteiger charge is -2.32. The number of carbonyl (C=O) groups is 1. The number of halogens is 2. The number of rotatable bonds is 3. The molecule has 2 amide bonds. The lowest BCUT2D eigenvalue weighted by Crippen LogP contribution is -2.50. The van der Waals surface area contributed by atoms with Gasteiger partial charge in [0.05, 0.1) is 6.04 Å². The maximum absolute atomic E-state index is 12.3. The first-order chi connectivity index (χ1) is 11.0. The van der Waals surface area contributed by atoms with E-state index in [-0.39, 0.29) is 18.1 Å². The lowest BCUT2D eigenvalue weighted by atomic mass is 9.99. The van der Waals surface area contributed by atoms with Gasteiger partial charge in [-0.1, -0.05) is 35.7 Å². The number of hydrogen-bond donors (Lipinski definition) is 2. The summed E-state index contributed by atoms with van der Waals surface area (Å²) < 4.78 is 0. The molecule has 0 bridgehead atoms. The van der Waals surface area contributed by atoms with Crippen molar-refractivity contribution in [2.24, 2.45) is 0 Å². The van der Waals surface area contributed by atoms with E-state index in [9.17, 15) is 4.79 Å². The van der Waals surface area contributed by atoms with Crippen LogP contribution >= 0.6 is 23.2 Å². The molecule has 2 saturated heterocycles. The molecule has 3 rings (SSSR count). The summed E-state index contributed by atoms with van der Waals surface area (Å²) in [6, 6.07) is 5.81. The van der Waals surface area contributed by atoms with Gasteiger partial charge in [-0.3, -0.25) is 4.90 Å². The molecule has 0 aliphatic carbocycles. The van der Waals surface area contributed by atoms with Crippen molar-refractivity contribution >= 4 is 29.2 Å². The van der Waals surface area contributed by atoms with Crippen molar-refractivity contribution in [1.82, 2.24) is 15.5 Å². The Morgan fingerprint density at radius 1 is 1.26 bits per heavy atom. The fourth-order valence-corrected chi connectivity index (χ4v) is 4.32. The average molecular weight is 356 g/mol. The van der Waals surface area contributed by atoms with Crippen molar-refractivity contribution in [2.45, 2.75) is 50.7 Å². The van der Waals surface area contributed by atoms with Gasteiger partial charge in [-0.05, 0) is 50.4 Å². The van der Waals surface area contributed by atoms with Gasteiger partial charge in [0, 0.05) is 28.7 Å². The van der Waals surface area contributed by atoms with Crippen molar-refractivity contribution < 1.29 is 4.79 Å². The van der Waals surface area contributed by atoms with Gasteiger partial charge in [-0.15, -0.1) is 0 Å². The van der Waals surface area contributed by atoms with Gasteiger partial charge in [0.2, 0.25) is 0 Å². The standard InChI is InChI=1S/C17H23Cl2N3O/c1-11(13-6-5-12(18)10-14(13)19)20-17(23)21-15-7-9-22-8-3-2-4-16(15)22/h5-6,10-11,15-16H,2-4,7-9H2,1H3,(H2,20,21,23). The molecule has 3 unspecified atom stereocenters. The number of urea groups is 1. The van der Waals surface area contributed by atoms with E-state index in [1.807, 2.05) is 13.0 Å². The SMILES string of the molecule is CC(NC(=O)NC1CCN2CCCCC12)c1ccc(Cl)cc1Cl. The number of amides is 2. The Hall–Kier alpha value is -0.970. The number of nitrogens with one attached hydrogen (secondary N) is 2. The van der Waals surface area contributed by atoms with E-state index in [2.05, 4.69) is 15.5 Å². The Bertz CT molecular complexity index is 581. The van der Waals surface area contributed by atoms with Crippen molar-refractivity contribution in [1.29, 1.82) is 0 Å². The second-order valence-corrected chi connectivity index (χ2v) is 7.34. The first kappa shape index (κ1) is 16.9. The number of carbonyl (C=O) groups excluding carboxylic acids is 1. The molecule has 23 heavy (non-hydrogen) atoms. The summed E-state index contributed by atoms with van der Waals surface area (Å²) in [7, 11) is 0. The third-order valence-corrected chi connectivity index (χ3v) is 5.51. The summed E-state index contributed by atoms with van der Waals surface area (Å²) in [5.74, 6) is 0. The highest BCUT2D eigenvalue weighted by Gasteiger charge is 2.36. The van der Waals surface area contributed by atoms with Crippen molar-refractivity contribution in [3.63, 3.8) is 0 Å². The number of nitrogens with zero attached hydrogens (tertiary/aromatic N) is 1. The molecule has 1 aromatic rings. The minimum atomic E-state index is -0.163. The summed E-state index contributed by atoms with van der Waals surface area (Å²) in [5, 5.41) is 7.30. The summed E-state index contributed by atoms with van der Waals surface area (Å²) in [4.78, 5) is 14.8. The molecule has 126 valence electrons. The molecule has 1 aromatic carbocycles. The number of benzene rings is 1. The molecule has 2 aliphatic heterocycles. The van der Waals surface area contributed by atoms with E-state index in [4.69, 9.17) is 23.2 Å². The topological polar surface area (TPSA) is 44.4 Å². The second kappa shape index (κ2) is 7.29. The van der Waals surface area contributed by atoms with Crippen LogP contribution in [0.2, 0.25) is 10.0 Å². The van der Waals surface area contributed by atoms with Crippen molar-refractivity contribution in [2.75, 3.05) is 13.1 Å². The zero-order valence-corrected chi connectivity index (χ0v) is 14.8. The fourth-order valence-electron chi connectivity index (χ4n) is 3.75. The molecule has 3 atom stereocenters. The van der Waals surface area contributed by atoms with Gasteiger partial charge in [0.1, 0.15) is 0 Å². The van der Waals surface area contributed by atoms with Crippen molar-refractivity contribution in [3.05, 3.63) is 33.8 Å². The molecule has 2 aliphatic rings. The smallest absolute Gasteiger partial charge is 0.315 e. The summed E-state index contributed by atoms with van der Waals surface area (Å²) >= 11 is 12.1. The maximum Gasteiger partial charge on any atom is 0.315 e. The quantitative estimate of drug-likeness (QED) is 0.860. The third-order valence-electron chi connectivity index (χ3n) is 4.95. The number of fused-ring (bicyclic) bond motifs is 1. The van der Waals surface area contributed by atoms with Crippen LogP contribution in [-0.4, -0.2) is 36.1 Å². The molecule has 6 heteroatoms. The largest absolute Gasteiger partial charge is 0.334 e. The zero-order chi connectivity index (χ0) is 16.4. The van der Waals surface area contributed by atoms with E-state index in [1.165, 1.54) is 25.8 Å². The van der Waals surface area contributed by atoms with Crippen molar-refractivity contribution in [3.8, 4) is 0 Å². The highest BCUT2D eigenvalue weighted by atomic mass is 35.5. The predicted octanol–water partition coefficient (Wildman–Crippen LogP) is 3.98. The second-order valence-electron chi connectivity index (χ2n) is 6.50. The van der Waals surface area contributed by atoms with E-state index < -0.39 is 0 Å². The molecule has 2 heterocycles. The van der Waals surface area contributed by atoms with E-state index in [1.54, 1.807) is 12.1 Å². The van der Waals surface area contributed by atoms with Crippen LogP contribution in [0, 0.1) is 0 Å². The molecule has 2 fully saturated rings. The van der Waals surface area contributed by atoms with E-state index in [0.717, 1.165) is 18.5 Å². The predicted molar refractivity (Wildman–Crippen MR) is 94.2 cm³/mol. The first-order valence-electron chi connectivity index (χ1n) is 8.30. The maximum atomic E-state index is 12.3. The third kappa shape index (κ3) is 3.93. The number of hydrogen-bond acceptors (Lipinski definition) is 2. The van der Waals surface area contributed by atoms with Crippen LogP contribution in [-0.2, 0) is 0 Å². The fraction of sp³-hybridized carbons (Fsp3) is 0.588. The van der Waals surface area contributed by atoms with Crippen LogP contribution in [0.25, 0.3) is 0 Å². The van der Waals surface area contributed by atoms with Crippen LogP contribution in [0.4, 0.5) is 4.79 Å². The summed E-state index contributed by atoms with van der Waals surface area (Å²) in [6.45, 7) is 4.19. The van der Waals surface area contributed by atoms with Crippen LogP contribution in [0.5, 0.6) is 0 Å². The van der Waals surface area contributed by atoms with Crippen LogP contribution < -0.4 is 10.6 Å². The van der Waals surface area contributed by atoms with Gasteiger partial charge < -0.3 is 10.6 Å². The monoisotopic (exact) mass is 355 g/mol. The Morgan fingerprint density at radius 3 is 2.87 bits per heavy atom. The van der Waals surface area contributed by atoms with E-state index >= 15 is 0 Å². The highest BCUT2D eigenvalue weighted by Crippen LogP contribution is 2.28. The minimum absolute atomic E-state index is 0.124. The highest BCUT2D eigenvalue weighted by molar-refractivity contribution is 6.35. The van der Waals surface area contributed by atoms with Crippen LogP contribution in [0.15, 0.2) is 18.2 Å². The van der Waals surface area contributed by atoms with E-state index in [0.29, 0.717) is 16.1 Å². The first-order valence-corrected chi connectivity index (χ1v) is 9.06. The normalized spacial score (nSPS) is 25.7. The number of piperidine rings is 1. The van der Waals surface area contributed by atoms with Gasteiger partial charge in [0.15, 0.2) is 0 Å². The zero-order valence-electron chi connectivity index (χ0n) is 13.3. The van der Waals surface area contributed by atoms with Crippen LogP contribution in [0.1, 0.15) is 44.2 Å². The molecule has 4 nitrogen and oxygen atoms in total. The minimum Gasteiger partial charge on any atom is -0.334 e. The Kier molecular flexibility index (Phi) is 5.34.